The summed E-state index contributed by atoms with van der Waals surface area (Å²) in [6.45, 7) is 4.67. The minimum absolute atomic E-state index is 0.00947. The molecule has 6 nitrogen and oxygen atoms in total. The van der Waals surface area contributed by atoms with Crippen LogP contribution in [0.1, 0.15) is 41.6 Å². The molecule has 7 heteroatoms. The number of rotatable bonds is 7. The lowest BCUT2D eigenvalue weighted by molar-refractivity contribution is 0.0665. The molecule has 2 heterocycles. The highest BCUT2D eigenvalue weighted by atomic mass is 32.2. The fourth-order valence-electron chi connectivity index (χ4n) is 3.23. The predicted molar refractivity (Wildman–Crippen MR) is 103 cm³/mol. The van der Waals surface area contributed by atoms with E-state index in [0.717, 1.165) is 12.2 Å². The number of benzene rings is 1. The van der Waals surface area contributed by atoms with E-state index in [9.17, 15) is 13.2 Å². The number of nitrogens with zero attached hydrogens (tertiary/aromatic N) is 1. The first-order chi connectivity index (χ1) is 12.9. The highest BCUT2D eigenvalue weighted by molar-refractivity contribution is 7.91. The Hall–Kier alpha value is -2.28. The van der Waals surface area contributed by atoms with Gasteiger partial charge in [0, 0.05) is 11.6 Å². The van der Waals surface area contributed by atoms with Crippen LogP contribution >= 0.6 is 0 Å². The van der Waals surface area contributed by atoms with Gasteiger partial charge in [0.2, 0.25) is 0 Å². The van der Waals surface area contributed by atoms with Gasteiger partial charge in [-0.1, -0.05) is 13.0 Å². The minimum atomic E-state index is -3.11. The first-order valence-electron chi connectivity index (χ1n) is 9.17. The molecule has 2 aromatic rings. The first kappa shape index (κ1) is 19.5. The van der Waals surface area contributed by atoms with Crippen LogP contribution in [0.15, 0.2) is 40.8 Å². The number of furan rings is 1. The van der Waals surface area contributed by atoms with Crippen molar-refractivity contribution in [1.82, 2.24) is 4.90 Å². The maximum Gasteiger partial charge on any atom is 0.254 e. The molecule has 1 atom stereocenters. The lowest BCUT2D eigenvalue weighted by Crippen LogP contribution is -2.40. The van der Waals surface area contributed by atoms with Gasteiger partial charge in [0.1, 0.15) is 17.3 Å². The SMILES string of the molecule is CCCOc1cccc(C(=O)N(Cc2ccc(C)o2)[C@H]2CCS(=O)(=O)C2)c1. The lowest BCUT2D eigenvalue weighted by Gasteiger charge is -2.27. The molecular weight excluding hydrogens is 366 g/mol. The van der Waals surface area contributed by atoms with Crippen LogP contribution in [0.25, 0.3) is 0 Å². The molecule has 3 rings (SSSR count). The quantitative estimate of drug-likeness (QED) is 0.724. The molecule has 1 aromatic heterocycles. The van der Waals surface area contributed by atoms with Gasteiger partial charge < -0.3 is 14.1 Å². The molecule has 146 valence electrons. The fourth-order valence-corrected chi connectivity index (χ4v) is 4.96. The summed E-state index contributed by atoms with van der Waals surface area (Å²) in [4.78, 5) is 14.8. The predicted octanol–water partition coefficient (Wildman–Crippen LogP) is 3.21. The van der Waals surface area contributed by atoms with Gasteiger partial charge in [0.25, 0.3) is 5.91 Å². The second kappa shape index (κ2) is 8.17. The van der Waals surface area contributed by atoms with E-state index in [4.69, 9.17) is 9.15 Å². The Labute approximate surface area is 160 Å². The molecule has 1 saturated heterocycles. The van der Waals surface area contributed by atoms with Crippen molar-refractivity contribution in [3.05, 3.63) is 53.5 Å². The van der Waals surface area contributed by atoms with Crippen molar-refractivity contribution in [3.8, 4) is 5.75 Å². The first-order valence-corrected chi connectivity index (χ1v) is 11.0. The Morgan fingerprint density at radius 2 is 2.11 bits per heavy atom. The molecule has 0 aliphatic carbocycles. The summed E-state index contributed by atoms with van der Waals surface area (Å²) in [5, 5.41) is 0. The smallest absolute Gasteiger partial charge is 0.254 e. The highest BCUT2D eigenvalue weighted by Crippen LogP contribution is 2.24. The summed E-state index contributed by atoms with van der Waals surface area (Å²) in [5.41, 5.74) is 0.483. The summed E-state index contributed by atoms with van der Waals surface area (Å²) in [7, 11) is -3.11. The van der Waals surface area contributed by atoms with E-state index >= 15 is 0 Å². The molecule has 0 bridgehead atoms. The van der Waals surface area contributed by atoms with Crippen LogP contribution in [-0.4, -0.2) is 43.4 Å². The second-order valence-corrected chi connectivity index (χ2v) is 9.11. The zero-order valence-electron chi connectivity index (χ0n) is 15.7. The summed E-state index contributed by atoms with van der Waals surface area (Å²) in [6, 6.07) is 10.3. The third kappa shape index (κ3) is 4.91. The van der Waals surface area contributed by atoms with Crippen LogP contribution in [0.4, 0.5) is 0 Å². The van der Waals surface area contributed by atoms with Crippen LogP contribution in [-0.2, 0) is 16.4 Å². The van der Waals surface area contributed by atoms with E-state index in [1.54, 1.807) is 23.1 Å². The molecule has 0 unspecified atom stereocenters. The number of carbonyl (C=O) groups excluding carboxylic acids is 1. The van der Waals surface area contributed by atoms with Crippen molar-refractivity contribution in [2.45, 2.75) is 39.3 Å². The molecule has 1 fully saturated rings. The Morgan fingerprint density at radius 3 is 2.74 bits per heavy atom. The number of amides is 1. The molecule has 0 N–H and O–H groups in total. The summed E-state index contributed by atoms with van der Waals surface area (Å²) in [6.07, 6.45) is 1.32. The van der Waals surface area contributed by atoms with Gasteiger partial charge in [-0.25, -0.2) is 8.42 Å². The van der Waals surface area contributed by atoms with E-state index in [-0.39, 0.29) is 30.0 Å². The largest absolute Gasteiger partial charge is 0.494 e. The number of ether oxygens (including phenoxy) is 1. The molecule has 1 aliphatic heterocycles. The van der Waals surface area contributed by atoms with Crippen LogP contribution in [0.3, 0.4) is 0 Å². The summed E-state index contributed by atoms with van der Waals surface area (Å²) in [5.74, 6) is 1.92. The summed E-state index contributed by atoms with van der Waals surface area (Å²) < 4.78 is 35.1. The van der Waals surface area contributed by atoms with Gasteiger partial charge in [-0.15, -0.1) is 0 Å². The monoisotopic (exact) mass is 391 g/mol. The Morgan fingerprint density at radius 1 is 1.30 bits per heavy atom. The number of carbonyl (C=O) groups is 1. The maximum atomic E-state index is 13.2. The average Bonchev–Trinajstić information content (AvgIpc) is 3.22. The zero-order valence-corrected chi connectivity index (χ0v) is 16.5. The molecule has 0 saturated carbocycles. The lowest BCUT2D eigenvalue weighted by atomic mass is 10.1. The van der Waals surface area contributed by atoms with Gasteiger partial charge in [-0.05, 0) is 50.1 Å². The number of sulfone groups is 1. The van der Waals surface area contributed by atoms with Crippen LogP contribution in [0, 0.1) is 6.92 Å². The zero-order chi connectivity index (χ0) is 19.4. The number of hydrogen-bond acceptors (Lipinski definition) is 5. The van der Waals surface area contributed by atoms with Crippen molar-refractivity contribution in [1.29, 1.82) is 0 Å². The molecule has 27 heavy (non-hydrogen) atoms. The van der Waals surface area contributed by atoms with Crippen molar-refractivity contribution in [3.63, 3.8) is 0 Å². The van der Waals surface area contributed by atoms with Crippen LogP contribution < -0.4 is 4.74 Å². The molecule has 1 aromatic carbocycles. The topological polar surface area (TPSA) is 76.8 Å². The molecule has 0 spiro atoms. The van der Waals surface area contributed by atoms with Crippen molar-refractivity contribution in [2.24, 2.45) is 0 Å². The number of hydrogen-bond donors (Lipinski definition) is 0. The molecular formula is C20H25NO5S. The third-order valence-corrected chi connectivity index (χ3v) is 6.34. The van der Waals surface area contributed by atoms with E-state index in [2.05, 4.69) is 0 Å². The van der Waals surface area contributed by atoms with Crippen molar-refractivity contribution < 1.29 is 22.4 Å². The van der Waals surface area contributed by atoms with Crippen molar-refractivity contribution in [2.75, 3.05) is 18.1 Å². The fraction of sp³-hybridized carbons (Fsp3) is 0.450. The Balaban J connectivity index is 1.86. The van der Waals surface area contributed by atoms with Gasteiger partial charge in [0.15, 0.2) is 9.84 Å². The average molecular weight is 391 g/mol. The van der Waals surface area contributed by atoms with Crippen molar-refractivity contribution >= 4 is 15.7 Å². The van der Waals surface area contributed by atoms with Gasteiger partial charge in [0.05, 0.1) is 24.7 Å². The molecule has 0 radical (unpaired) electrons. The third-order valence-electron chi connectivity index (χ3n) is 4.59. The van der Waals surface area contributed by atoms with Crippen LogP contribution in [0.2, 0.25) is 0 Å². The van der Waals surface area contributed by atoms with Gasteiger partial charge in [-0.2, -0.15) is 0 Å². The highest BCUT2D eigenvalue weighted by Gasteiger charge is 2.35. The molecule has 1 aliphatic rings. The minimum Gasteiger partial charge on any atom is -0.494 e. The van der Waals surface area contributed by atoms with E-state index in [1.807, 2.05) is 32.0 Å². The Bertz CT molecular complexity index is 903. The summed E-state index contributed by atoms with van der Waals surface area (Å²) >= 11 is 0. The van der Waals surface area contributed by atoms with Gasteiger partial charge in [-0.3, -0.25) is 4.79 Å². The molecule has 1 amide bonds. The number of aryl methyl sites for hydroxylation is 1. The van der Waals surface area contributed by atoms with E-state index < -0.39 is 9.84 Å². The van der Waals surface area contributed by atoms with E-state index in [1.165, 1.54) is 0 Å². The normalized spacial score (nSPS) is 18.4. The second-order valence-electron chi connectivity index (χ2n) is 6.88. The van der Waals surface area contributed by atoms with Crippen LogP contribution in [0.5, 0.6) is 5.75 Å². The maximum absolute atomic E-state index is 13.2. The van der Waals surface area contributed by atoms with E-state index in [0.29, 0.717) is 30.1 Å². The van der Waals surface area contributed by atoms with Gasteiger partial charge >= 0.3 is 0 Å². The standard InChI is InChI=1S/C20H25NO5S/c1-3-10-25-18-6-4-5-16(12-18)20(22)21(13-19-8-7-15(2)26-19)17-9-11-27(23,24)14-17/h4-8,12,17H,3,9-11,13-14H2,1-2H3/t17-/m0/s1. The Kier molecular flexibility index (Phi) is 5.89.